The van der Waals surface area contributed by atoms with Crippen molar-refractivity contribution < 1.29 is 9.53 Å². The van der Waals surface area contributed by atoms with Crippen molar-refractivity contribution in [2.24, 2.45) is 0 Å². The molecule has 0 amide bonds. The molecule has 8 nitrogen and oxygen atoms in total. The van der Waals surface area contributed by atoms with Crippen LogP contribution in [0.1, 0.15) is 26.6 Å². The minimum absolute atomic E-state index is 0.361. The fourth-order valence-corrected chi connectivity index (χ4v) is 3.69. The zero-order valence-corrected chi connectivity index (χ0v) is 14.2. The number of hydrogen-bond acceptors (Lipinski definition) is 7. The van der Waals surface area contributed by atoms with Crippen LogP contribution < -0.4 is 0 Å². The number of nitrogens with zero attached hydrogens (tertiary/aromatic N) is 6. The molecule has 0 N–H and O–H groups in total. The van der Waals surface area contributed by atoms with Crippen LogP contribution in [-0.4, -0.2) is 42.4 Å². The summed E-state index contributed by atoms with van der Waals surface area (Å²) in [6.45, 7) is 4.33. The highest BCUT2D eigenvalue weighted by Crippen LogP contribution is 2.32. The smallest absolute Gasteiger partial charge is 0.348 e. The van der Waals surface area contributed by atoms with Crippen molar-refractivity contribution in [2.45, 2.75) is 20.4 Å². The summed E-state index contributed by atoms with van der Waals surface area (Å²) in [4.78, 5) is 22.2. The topological polar surface area (TPSA) is 87.2 Å². The van der Waals surface area contributed by atoms with E-state index < -0.39 is 0 Å². The van der Waals surface area contributed by atoms with Gasteiger partial charge in [-0.2, -0.15) is 5.10 Å². The normalized spacial score (nSPS) is 11.5. The maximum Gasteiger partial charge on any atom is 0.348 e. The lowest BCUT2D eigenvalue weighted by atomic mass is 10.2. The van der Waals surface area contributed by atoms with Gasteiger partial charge in [-0.25, -0.2) is 19.3 Å². The van der Waals surface area contributed by atoms with Crippen molar-refractivity contribution in [1.82, 2.24) is 29.4 Å². The second kappa shape index (κ2) is 5.38. The zero-order valence-electron chi connectivity index (χ0n) is 13.3. The van der Waals surface area contributed by atoms with Gasteiger partial charge in [-0.3, -0.25) is 4.68 Å². The van der Waals surface area contributed by atoms with Gasteiger partial charge in [-0.1, -0.05) is 0 Å². The number of carbonyl (C=O) groups excluding carboxylic acids is 1. The molecule has 0 atom stereocenters. The van der Waals surface area contributed by atoms with E-state index in [9.17, 15) is 4.79 Å². The van der Waals surface area contributed by atoms with E-state index in [4.69, 9.17) is 4.74 Å². The second-order valence-corrected chi connectivity index (χ2v) is 6.48. The third kappa shape index (κ3) is 2.24. The van der Waals surface area contributed by atoms with Crippen LogP contribution in [0.15, 0.2) is 18.7 Å². The minimum Gasteiger partial charge on any atom is -0.465 e. The molecule has 0 aromatic carbocycles. The van der Waals surface area contributed by atoms with Crippen LogP contribution in [-0.2, 0) is 11.3 Å². The summed E-state index contributed by atoms with van der Waals surface area (Å²) in [6.07, 6.45) is 5.34. The quantitative estimate of drug-likeness (QED) is 0.529. The monoisotopic (exact) mass is 342 g/mol. The van der Waals surface area contributed by atoms with Gasteiger partial charge in [0.25, 0.3) is 0 Å². The first kappa shape index (κ1) is 14.8. The maximum absolute atomic E-state index is 11.9. The first-order valence-corrected chi connectivity index (χ1v) is 8.09. The number of methoxy groups -OCH3 is 1. The molecule has 0 saturated carbocycles. The molecule has 0 aliphatic rings. The van der Waals surface area contributed by atoms with Crippen molar-refractivity contribution in [1.29, 1.82) is 0 Å². The number of hydrogen-bond donors (Lipinski definition) is 0. The first-order valence-electron chi connectivity index (χ1n) is 7.27. The molecule has 0 unspecified atom stereocenters. The third-order valence-electron chi connectivity index (χ3n) is 3.75. The molecule has 0 saturated heterocycles. The van der Waals surface area contributed by atoms with Gasteiger partial charge < -0.3 is 4.74 Å². The highest BCUT2D eigenvalue weighted by molar-refractivity contribution is 7.20. The highest BCUT2D eigenvalue weighted by atomic mass is 32.1. The van der Waals surface area contributed by atoms with Crippen LogP contribution >= 0.6 is 11.3 Å². The fraction of sp³-hybridized carbons (Fsp3) is 0.267. The van der Waals surface area contributed by atoms with Gasteiger partial charge in [0.15, 0.2) is 11.5 Å². The van der Waals surface area contributed by atoms with Crippen molar-refractivity contribution >= 4 is 33.2 Å². The van der Waals surface area contributed by atoms with E-state index in [0.717, 1.165) is 21.3 Å². The van der Waals surface area contributed by atoms with Crippen molar-refractivity contribution in [3.05, 3.63) is 40.5 Å². The van der Waals surface area contributed by atoms with E-state index in [1.807, 2.05) is 20.0 Å². The predicted octanol–water partition coefficient (Wildman–Crippen LogP) is 1.99. The van der Waals surface area contributed by atoms with Crippen LogP contribution in [0.5, 0.6) is 0 Å². The summed E-state index contributed by atoms with van der Waals surface area (Å²) < 4.78 is 8.26. The van der Waals surface area contributed by atoms with Gasteiger partial charge in [0.05, 0.1) is 18.7 Å². The minimum atomic E-state index is -0.361. The summed E-state index contributed by atoms with van der Waals surface area (Å²) in [5.74, 6) is 0.276. The van der Waals surface area contributed by atoms with E-state index >= 15 is 0 Å². The lowest BCUT2D eigenvalue weighted by molar-refractivity contribution is 0.0605. The molecule has 0 bridgehead atoms. The van der Waals surface area contributed by atoms with Crippen LogP contribution in [0.2, 0.25) is 0 Å². The Bertz CT molecular complexity index is 1080. The number of rotatable bonds is 3. The van der Waals surface area contributed by atoms with Crippen LogP contribution in [0.3, 0.4) is 0 Å². The van der Waals surface area contributed by atoms with E-state index in [1.165, 1.54) is 18.4 Å². The van der Waals surface area contributed by atoms with E-state index in [1.54, 1.807) is 21.7 Å². The maximum atomic E-state index is 11.9. The van der Waals surface area contributed by atoms with Gasteiger partial charge in [-0.15, -0.1) is 16.4 Å². The summed E-state index contributed by atoms with van der Waals surface area (Å²) in [7, 11) is 1.37. The van der Waals surface area contributed by atoms with Crippen molar-refractivity contribution in [3.63, 3.8) is 0 Å². The molecule has 24 heavy (non-hydrogen) atoms. The Hall–Kier alpha value is -2.81. The Morgan fingerprint density at radius 2 is 2.21 bits per heavy atom. The van der Waals surface area contributed by atoms with Crippen LogP contribution in [0.25, 0.3) is 15.9 Å². The standard InChI is InChI=1S/C15H14N6O2S/c1-8-4-17-20(5-8)6-10-18-13-11-9(2)12(15(22)23-3)24-14(11)16-7-21(13)19-10/h4-5,7H,6H2,1-3H3. The largest absolute Gasteiger partial charge is 0.465 e. The average Bonchev–Trinajstić information content (AvgIpc) is 3.24. The molecule has 4 heterocycles. The number of ether oxygens (including phenoxy) is 1. The van der Waals surface area contributed by atoms with E-state index in [0.29, 0.717) is 22.9 Å². The van der Waals surface area contributed by atoms with Gasteiger partial charge >= 0.3 is 5.97 Å². The lowest BCUT2D eigenvalue weighted by Crippen LogP contribution is -2.02. The molecule has 4 aromatic heterocycles. The van der Waals surface area contributed by atoms with Gasteiger partial charge in [-0.05, 0) is 25.0 Å². The summed E-state index contributed by atoms with van der Waals surface area (Å²) in [5.41, 5.74) is 2.58. The molecule has 0 aliphatic carbocycles. The second-order valence-electron chi connectivity index (χ2n) is 5.48. The molecule has 4 aromatic rings. The number of thiophene rings is 1. The van der Waals surface area contributed by atoms with Gasteiger partial charge in [0.2, 0.25) is 0 Å². The highest BCUT2D eigenvalue weighted by Gasteiger charge is 2.20. The molecular formula is C15H14N6O2S. The van der Waals surface area contributed by atoms with Crippen molar-refractivity contribution in [2.75, 3.05) is 7.11 Å². The molecule has 0 aliphatic heterocycles. The summed E-state index contributed by atoms with van der Waals surface area (Å²) in [5, 5.41) is 9.54. The van der Waals surface area contributed by atoms with E-state index in [2.05, 4.69) is 20.2 Å². The molecule has 122 valence electrons. The number of aromatic nitrogens is 6. The Labute approximate surface area is 140 Å². The summed E-state index contributed by atoms with van der Waals surface area (Å²) in [6, 6.07) is 0. The third-order valence-corrected chi connectivity index (χ3v) is 4.93. The van der Waals surface area contributed by atoms with Gasteiger partial charge in [0.1, 0.15) is 22.6 Å². The zero-order chi connectivity index (χ0) is 16.8. The molecule has 0 spiro atoms. The van der Waals surface area contributed by atoms with Crippen molar-refractivity contribution in [3.8, 4) is 0 Å². The Morgan fingerprint density at radius 1 is 1.38 bits per heavy atom. The SMILES string of the molecule is COC(=O)c1sc2ncn3nc(Cn4cc(C)cn4)nc3c2c1C. The predicted molar refractivity (Wildman–Crippen MR) is 88.3 cm³/mol. The van der Waals surface area contributed by atoms with Crippen LogP contribution in [0.4, 0.5) is 0 Å². The van der Waals surface area contributed by atoms with Gasteiger partial charge in [0, 0.05) is 6.20 Å². The molecule has 0 fully saturated rings. The lowest BCUT2D eigenvalue weighted by Gasteiger charge is -1.96. The Morgan fingerprint density at radius 3 is 2.92 bits per heavy atom. The Kier molecular flexibility index (Phi) is 3.31. The molecule has 0 radical (unpaired) electrons. The number of carbonyl (C=O) groups is 1. The van der Waals surface area contributed by atoms with Crippen LogP contribution in [0, 0.1) is 13.8 Å². The molecule has 9 heteroatoms. The number of esters is 1. The molecular weight excluding hydrogens is 328 g/mol. The first-order chi connectivity index (χ1) is 11.6. The number of fused-ring (bicyclic) bond motifs is 3. The average molecular weight is 342 g/mol. The summed E-state index contributed by atoms with van der Waals surface area (Å²) >= 11 is 1.30. The number of aryl methyl sites for hydroxylation is 2. The van der Waals surface area contributed by atoms with E-state index in [-0.39, 0.29) is 5.97 Å². The molecule has 4 rings (SSSR count). The Balaban J connectivity index is 1.85. The fourth-order valence-electron chi connectivity index (χ4n) is 2.63.